The Morgan fingerprint density at radius 2 is 1.60 bits per heavy atom. The number of carbonyl (C=O) groups is 1. The van der Waals surface area contributed by atoms with Gasteiger partial charge in [-0.05, 0) is 56.7 Å². The summed E-state index contributed by atoms with van der Waals surface area (Å²) in [4.78, 5) is 27.8. The minimum atomic E-state index is -0.203. The van der Waals surface area contributed by atoms with Crippen molar-refractivity contribution in [3.8, 4) is 45.3 Å². The second kappa shape index (κ2) is 16.4. The van der Waals surface area contributed by atoms with Crippen LogP contribution >= 0.6 is 23.2 Å². The van der Waals surface area contributed by atoms with Crippen LogP contribution in [0.3, 0.4) is 0 Å². The van der Waals surface area contributed by atoms with E-state index in [2.05, 4.69) is 15.6 Å². The van der Waals surface area contributed by atoms with E-state index in [1.807, 2.05) is 53.6 Å². The number of nitrogens with one attached hydrogen (secondary N) is 2. The van der Waals surface area contributed by atoms with Gasteiger partial charge in [0.1, 0.15) is 0 Å². The number of hydrogen-bond donors (Lipinski definition) is 3. The predicted octanol–water partition coefficient (Wildman–Crippen LogP) is 6.34. The van der Waals surface area contributed by atoms with Crippen molar-refractivity contribution >= 4 is 34.8 Å². The number of aromatic nitrogens is 5. The van der Waals surface area contributed by atoms with Crippen molar-refractivity contribution < 1.29 is 19.4 Å². The molecule has 2 fully saturated rings. The van der Waals surface area contributed by atoms with Crippen LogP contribution in [0.1, 0.15) is 56.8 Å². The molecule has 0 radical (unpaired) electrons. The molecule has 0 unspecified atom stereocenters. The summed E-state index contributed by atoms with van der Waals surface area (Å²) in [5, 5.41) is 22.6. The quantitative estimate of drug-likeness (QED) is 0.140. The van der Waals surface area contributed by atoms with Crippen LogP contribution in [-0.4, -0.2) is 86.0 Å². The molecule has 5 aromatic rings. The molecule has 1 aliphatic heterocycles. The molecule has 14 heteroatoms. The Balaban J connectivity index is 1.12. The number of aliphatic hydroxyl groups excluding tert-OH is 1. The van der Waals surface area contributed by atoms with Gasteiger partial charge in [0.25, 0.3) is 0 Å². The largest absolute Gasteiger partial charge is 0.493 e. The molecule has 1 saturated heterocycles. The molecule has 5 heterocycles. The Labute approximate surface area is 318 Å². The monoisotopic (exact) mass is 758 g/mol. The molecule has 4 aromatic heterocycles. The number of amides is 1. The van der Waals surface area contributed by atoms with Crippen LogP contribution < -0.4 is 20.1 Å². The van der Waals surface area contributed by atoms with Crippen LogP contribution in [0.2, 0.25) is 10.0 Å². The van der Waals surface area contributed by atoms with Crippen LogP contribution in [0.25, 0.3) is 39.3 Å². The second-order valence-electron chi connectivity index (χ2n) is 13.7. The van der Waals surface area contributed by atoms with Crippen molar-refractivity contribution in [1.82, 2.24) is 40.1 Å². The number of ether oxygens (including phenoxy) is 2. The number of carbonyl (C=O) groups excluding carboxylic acids is 1. The van der Waals surface area contributed by atoms with E-state index in [-0.39, 0.29) is 12.0 Å². The first-order valence-electron chi connectivity index (χ1n) is 18.0. The number of methoxy groups -OCH3 is 2. The zero-order valence-corrected chi connectivity index (χ0v) is 31.6. The molecular weight excluding hydrogens is 715 g/mol. The number of piperidine rings is 1. The molecule has 1 aliphatic carbocycles. The molecule has 12 nitrogen and oxygen atoms in total. The molecule has 1 amide bonds. The molecular formula is C39H44Cl2N8O4. The number of likely N-dealkylation sites (tertiary alicyclic amines) is 1. The van der Waals surface area contributed by atoms with Crippen LogP contribution in [-0.2, 0) is 17.9 Å². The molecule has 0 atom stereocenters. The van der Waals surface area contributed by atoms with E-state index in [0.717, 1.165) is 68.3 Å². The second-order valence-corrected chi connectivity index (χ2v) is 14.4. The van der Waals surface area contributed by atoms with Gasteiger partial charge in [-0.15, -0.1) is 5.10 Å². The predicted molar refractivity (Wildman–Crippen MR) is 205 cm³/mol. The van der Waals surface area contributed by atoms with Gasteiger partial charge in [0.05, 0.1) is 48.3 Å². The van der Waals surface area contributed by atoms with Crippen molar-refractivity contribution in [3.63, 3.8) is 0 Å². The summed E-state index contributed by atoms with van der Waals surface area (Å²) in [6.45, 7) is 4.25. The van der Waals surface area contributed by atoms with E-state index in [4.69, 9.17) is 47.7 Å². The lowest BCUT2D eigenvalue weighted by Crippen LogP contribution is -2.44. The molecule has 278 valence electrons. The Morgan fingerprint density at radius 1 is 0.887 bits per heavy atom. The number of aliphatic hydroxyl groups is 1. The molecule has 53 heavy (non-hydrogen) atoms. The van der Waals surface area contributed by atoms with Crippen LogP contribution in [0.15, 0.2) is 54.9 Å². The van der Waals surface area contributed by atoms with Gasteiger partial charge in [0.2, 0.25) is 11.8 Å². The third kappa shape index (κ3) is 8.12. The molecule has 0 spiro atoms. The lowest BCUT2D eigenvalue weighted by molar-refractivity contribution is -0.129. The average Bonchev–Trinajstić information content (AvgIpc) is 3.60. The third-order valence-electron chi connectivity index (χ3n) is 10.3. The van der Waals surface area contributed by atoms with Crippen molar-refractivity contribution in [3.05, 3.63) is 76.3 Å². The Kier molecular flexibility index (Phi) is 11.4. The van der Waals surface area contributed by atoms with Crippen molar-refractivity contribution in [2.24, 2.45) is 0 Å². The summed E-state index contributed by atoms with van der Waals surface area (Å²) in [5.74, 6) is 1.83. The first-order valence-corrected chi connectivity index (χ1v) is 18.8. The number of halogens is 2. The van der Waals surface area contributed by atoms with Gasteiger partial charge in [0.15, 0.2) is 17.2 Å². The van der Waals surface area contributed by atoms with Crippen molar-refractivity contribution in [1.29, 1.82) is 0 Å². The van der Waals surface area contributed by atoms with Gasteiger partial charge < -0.3 is 30.1 Å². The highest BCUT2D eigenvalue weighted by molar-refractivity contribution is 6.39. The van der Waals surface area contributed by atoms with Crippen LogP contribution in [0.4, 0.5) is 0 Å². The summed E-state index contributed by atoms with van der Waals surface area (Å²) in [6, 6.07) is 14.1. The topological polar surface area (TPSA) is 139 Å². The number of pyridine rings is 3. The fourth-order valence-corrected chi connectivity index (χ4v) is 7.89. The number of nitrogens with zero attached hydrogens (tertiary/aromatic N) is 6. The van der Waals surface area contributed by atoms with Gasteiger partial charge in [-0.3, -0.25) is 9.78 Å². The van der Waals surface area contributed by atoms with Crippen molar-refractivity contribution in [2.45, 2.75) is 76.7 Å². The van der Waals surface area contributed by atoms with E-state index >= 15 is 0 Å². The maximum Gasteiger partial charge on any atom is 0.219 e. The number of rotatable bonds is 11. The highest BCUT2D eigenvalue weighted by atomic mass is 35.5. The van der Waals surface area contributed by atoms with Crippen molar-refractivity contribution in [2.75, 3.05) is 27.3 Å². The van der Waals surface area contributed by atoms with E-state index in [9.17, 15) is 9.90 Å². The van der Waals surface area contributed by atoms with E-state index in [0.29, 0.717) is 80.8 Å². The summed E-state index contributed by atoms with van der Waals surface area (Å²) < 4.78 is 13.2. The summed E-state index contributed by atoms with van der Waals surface area (Å²) in [6.07, 6.45) is 8.63. The summed E-state index contributed by atoms with van der Waals surface area (Å²) >= 11 is 14.3. The van der Waals surface area contributed by atoms with Crippen LogP contribution in [0, 0.1) is 0 Å². The lowest BCUT2D eigenvalue weighted by atomic mass is 9.93. The minimum absolute atomic E-state index is 0.126. The summed E-state index contributed by atoms with van der Waals surface area (Å²) in [7, 11) is 3.22. The van der Waals surface area contributed by atoms with Gasteiger partial charge in [-0.2, -0.15) is 0 Å². The minimum Gasteiger partial charge on any atom is -0.493 e. The zero-order valence-electron chi connectivity index (χ0n) is 30.1. The standard InChI is InChI=1S/C39H44Cl2N8O4/c1-23(50)48-17-14-27(15-18-48)43-20-24-7-12-32(45-39(24)53-3)31-6-4-5-29(35(31)40)30-13-16-42-37(36(30)41)25-19-33(52-2)38-46-34(47-49(38)22-25)21-44-26-8-10-28(51)11-9-26/h4-7,12-13,16,19,22,26-28,43-44,51H,8-11,14-15,17-18,20-21H2,1-3H3/t26-,28+. The first kappa shape index (κ1) is 37.0. The average molecular weight is 760 g/mol. The Morgan fingerprint density at radius 3 is 2.34 bits per heavy atom. The highest BCUT2D eigenvalue weighted by Crippen LogP contribution is 2.42. The Hall–Kier alpha value is -4.33. The maximum absolute atomic E-state index is 11.7. The van der Waals surface area contributed by atoms with Gasteiger partial charge in [-0.25, -0.2) is 14.5 Å². The highest BCUT2D eigenvalue weighted by Gasteiger charge is 2.23. The lowest BCUT2D eigenvalue weighted by Gasteiger charge is -2.31. The number of benzene rings is 1. The molecule has 1 aromatic carbocycles. The van der Waals surface area contributed by atoms with Gasteiger partial charge in [0, 0.05) is 78.9 Å². The zero-order chi connectivity index (χ0) is 37.1. The maximum atomic E-state index is 11.7. The molecule has 2 aliphatic rings. The Bertz CT molecular complexity index is 2090. The molecule has 0 bridgehead atoms. The van der Waals surface area contributed by atoms with E-state index in [1.165, 1.54) is 0 Å². The van der Waals surface area contributed by atoms with Gasteiger partial charge >= 0.3 is 0 Å². The number of hydrogen-bond acceptors (Lipinski definition) is 10. The third-order valence-corrected chi connectivity index (χ3v) is 11.1. The molecule has 3 N–H and O–H groups in total. The smallest absolute Gasteiger partial charge is 0.219 e. The fraction of sp³-hybridized carbons (Fsp3) is 0.410. The van der Waals surface area contributed by atoms with Crippen LogP contribution in [0.5, 0.6) is 11.6 Å². The number of fused-ring (bicyclic) bond motifs is 1. The fourth-order valence-electron chi connectivity index (χ4n) is 7.24. The van der Waals surface area contributed by atoms with Gasteiger partial charge in [-0.1, -0.05) is 47.5 Å². The normalized spacial score (nSPS) is 18.0. The molecule has 1 saturated carbocycles. The summed E-state index contributed by atoms with van der Waals surface area (Å²) in [5.41, 5.74) is 5.65. The van der Waals surface area contributed by atoms with E-state index in [1.54, 1.807) is 31.9 Å². The molecule has 7 rings (SSSR count). The first-order chi connectivity index (χ1) is 25.7. The van der Waals surface area contributed by atoms with E-state index < -0.39 is 0 Å². The SMILES string of the molecule is COc1nc(-c2cccc(-c3ccnc(-c4cc(OC)c5nc(CN[C@H]6CC[C@@H](O)CC6)nn5c4)c3Cl)c2Cl)ccc1CNC1CCN(C(C)=O)CC1.